The highest BCUT2D eigenvalue weighted by Crippen LogP contribution is 2.42. The molecule has 2 unspecified atom stereocenters. The van der Waals surface area contributed by atoms with Gasteiger partial charge in [0.15, 0.2) is 0 Å². The van der Waals surface area contributed by atoms with Crippen molar-refractivity contribution in [2.75, 3.05) is 6.54 Å². The summed E-state index contributed by atoms with van der Waals surface area (Å²) < 4.78 is 13.0. The number of pyridine rings is 2. The second-order valence-electron chi connectivity index (χ2n) is 17.7. The summed E-state index contributed by atoms with van der Waals surface area (Å²) in [5.74, 6) is -4.06. The molecule has 15 heteroatoms. The normalized spacial score (nSPS) is 16.0. The van der Waals surface area contributed by atoms with Crippen molar-refractivity contribution in [3.05, 3.63) is 56.9 Å². The van der Waals surface area contributed by atoms with E-state index in [0.717, 1.165) is 35.8 Å². The van der Waals surface area contributed by atoms with Crippen LogP contribution in [0, 0.1) is 0 Å². The molecule has 0 spiro atoms. The van der Waals surface area contributed by atoms with Crippen LogP contribution in [0.4, 0.5) is 0 Å². The van der Waals surface area contributed by atoms with E-state index in [0.29, 0.717) is 49.1 Å². The van der Waals surface area contributed by atoms with E-state index in [2.05, 4.69) is 17.6 Å². The number of nitrogens with two attached hydrogens (primary N) is 1. The number of aromatic hydroxyl groups is 1. The van der Waals surface area contributed by atoms with Crippen LogP contribution in [0.5, 0.6) is 5.75 Å². The second kappa shape index (κ2) is 24.8. The lowest BCUT2D eigenvalue weighted by atomic mass is 9.85. The predicted octanol–water partition coefficient (Wildman–Crippen LogP) is 7.73. The van der Waals surface area contributed by atoms with Crippen LogP contribution in [0.3, 0.4) is 0 Å². The lowest BCUT2D eigenvalue weighted by molar-refractivity contribution is -0.189. The number of fused-ring (bicyclic) bond motifs is 5. The number of cyclic esters (lactones) is 1. The number of aliphatic carboxylic acids is 1. The average molecular weight is 902 g/mol. The molecule has 0 saturated carbocycles. The summed E-state index contributed by atoms with van der Waals surface area (Å²) in [6, 6.07) is 4.39. The lowest BCUT2D eigenvalue weighted by Crippen LogP contribution is -2.51. The van der Waals surface area contributed by atoms with Crippen LogP contribution >= 0.6 is 0 Å². The molecule has 0 radical (unpaired) electrons. The van der Waals surface area contributed by atoms with Crippen LogP contribution < -0.4 is 21.9 Å². The number of benzene rings is 1. The number of hydrogen-bond donors (Lipinski definition) is 5. The number of esters is 2. The van der Waals surface area contributed by atoms with Crippen LogP contribution in [0.2, 0.25) is 0 Å². The molecule has 0 bridgehead atoms. The Labute approximate surface area is 382 Å². The Morgan fingerprint density at radius 1 is 0.831 bits per heavy atom. The van der Waals surface area contributed by atoms with Gasteiger partial charge in [-0.1, -0.05) is 111 Å². The Hall–Kier alpha value is -5.31. The number of ether oxygens (including phenoxy) is 2. The van der Waals surface area contributed by atoms with Gasteiger partial charge < -0.3 is 40.6 Å². The number of rotatable bonds is 29. The van der Waals surface area contributed by atoms with Crippen LogP contribution in [0.15, 0.2) is 29.1 Å². The van der Waals surface area contributed by atoms with E-state index < -0.39 is 65.8 Å². The highest BCUT2D eigenvalue weighted by Gasteiger charge is 2.50. The largest absolute Gasteiger partial charge is 0.508 e. The molecular weight excluding hydrogens is 831 g/mol. The predicted molar refractivity (Wildman–Crippen MR) is 248 cm³/mol. The van der Waals surface area contributed by atoms with Gasteiger partial charge in [0.05, 0.1) is 35.4 Å². The zero-order valence-electron chi connectivity index (χ0n) is 38.8. The molecular formula is C50H71N5O10. The maximum Gasteiger partial charge on any atom is 0.355 e. The van der Waals surface area contributed by atoms with Crippen LogP contribution in [0.1, 0.15) is 178 Å². The Kier molecular flexibility index (Phi) is 19.4. The first kappa shape index (κ1) is 50.7. The maximum absolute atomic E-state index is 14.1. The molecule has 0 fully saturated rings. The van der Waals surface area contributed by atoms with Gasteiger partial charge in [0.1, 0.15) is 24.4 Å². The van der Waals surface area contributed by atoms with Gasteiger partial charge in [-0.2, -0.15) is 0 Å². The number of aryl methyl sites for hydroxylation is 1. The van der Waals surface area contributed by atoms with Crippen LogP contribution in [-0.4, -0.2) is 68.1 Å². The number of amides is 2. The molecule has 15 nitrogen and oxygen atoms in total. The minimum atomic E-state index is -1.97. The fourth-order valence-corrected chi connectivity index (χ4v) is 9.27. The monoisotopic (exact) mass is 902 g/mol. The number of aromatic nitrogens is 2. The summed E-state index contributed by atoms with van der Waals surface area (Å²) in [4.78, 5) is 85.0. The summed E-state index contributed by atoms with van der Waals surface area (Å²) >= 11 is 0. The fourth-order valence-electron chi connectivity index (χ4n) is 9.27. The molecule has 3 aromatic rings. The molecule has 2 aliphatic rings. The minimum Gasteiger partial charge on any atom is -0.508 e. The Morgan fingerprint density at radius 3 is 2.08 bits per heavy atom. The second-order valence-corrected chi connectivity index (χ2v) is 17.7. The zero-order valence-corrected chi connectivity index (χ0v) is 38.8. The first-order chi connectivity index (χ1) is 31.4. The number of carbonyl (C=O) groups excluding carboxylic acids is 4. The zero-order chi connectivity index (χ0) is 46.9. The number of carboxylic acid groups (broad SMARTS) is 1. The highest BCUT2D eigenvalue weighted by atomic mass is 16.6. The SMILES string of the molecule is CCCCCCCCCCCCCCCCC(NC(=O)C(CCCCN)NC(=O)CCC(=O)O[C@]1(CC)C(=O)OCc2c1cc1n(c2=O)Cc2c-1nc1ccc(O)cc1c2CC)C(=O)O. The molecule has 0 aliphatic carbocycles. The van der Waals surface area contributed by atoms with E-state index in [1.807, 2.05) is 6.92 Å². The molecule has 3 atom stereocenters. The Morgan fingerprint density at radius 2 is 1.46 bits per heavy atom. The van der Waals surface area contributed by atoms with Crippen molar-refractivity contribution in [3.8, 4) is 17.1 Å². The van der Waals surface area contributed by atoms with Crippen LogP contribution in [0.25, 0.3) is 22.3 Å². The standard InChI is InChI=1S/C50H71N5O10/c1-4-7-8-9-10-11-12-13-14-15-16-17-18-19-23-41(48(61)62)54-46(59)40(22-20-21-28-51)52-43(57)26-27-44(58)65-50(6-3)38-30-42-45-36(31-55(42)47(60)37(38)32-64-49(50)63)34(5-2)35-29-33(56)24-25-39(35)53-45/h24-25,29-30,40-41,56H,4-23,26-28,31-32,51H2,1-3H3,(H,52,57)(H,54,59)(H,61,62)/t40?,41?,50-/m0/s1. The van der Waals surface area contributed by atoms with Gasteiger partial charge in [-0.25, -0.2) is 14.6 Å². The third-order valence-corrected chi connectivity index (χ3v) is 13.0. The molecule has 2 aromatic heterocycles. The molecule has 1 aromatic carbocycles. The van der Waals surface area contributed by atoms with Gasteiger partial charge in [-0.3, -0.25) is 19.2 Å². The number of carbonyl (C=O) groups is 5. The van der Waals surface area contributed by atoms with E-state index in [9.17, 15) is 39.0 Å². The summed E-state index contributed by atoms with van der Waals surface area (Å²) in [5.41, 5.74) is 7.07. The first-order valence-electron chi connectivity index (χ1n) is 24.2. The molecule has 356 valence electrons. The number of hydrogen-bond acceptors (Lipinski definition) is 11. The summed E-state index contributed by atoms with van der Waals surface area (Å²) in [6.07, 6.45) is 17.7. The van der Waals surface area contributed by atoms with Gasteiger partial charge in [-0.05, 0) is 74.9 Å². The third kappa shape index (κ3) is 12.9. The van der Waals surface area contributed by atoms with Crippen molar-refractivity contribution < 1.29 is 43.7 Å². The number of phenolic OH excluding ortho intramolecular Hbond substituents is 1. The Bertz CT molecular complexity index is 2200. The third-order valence-electron chi connectivity index (χ3n) is 13.0. The summed E-state index contributed by atoms with van der Waals surface area (Å²) in [5, 5.41) is 26.2. The van der Waals surface area contributed by atoms with Crippen molar-refractivity contribution in [2.24, 2.45) is 5.73 Å². The molecule has 5 rings (SSSR count). The molecule has 2 amide bonds. The number of nitrogens with zero attached hydrogens (tertiary/aromatic N) is 2. The average Bonchev–Trinajstić information content (AvgIpc) is 3.66. The molecule has 4 heterocycles. The number of unbranched alkanes of at least 4 members (excludes halogenated alkanes) is 14. The van der Waals surface area contributed by atoms with Gasteiger partial charge in [0.25, 0.3) is 5.56 Å². The maximum atomic E-state index is 14.1. The fraction of sp³-hybridized carbons (Fsp3) is 0.620. The quantitative estimate of drug-likeness (QED) is 0.0260. The van der Waals surface area contributed by atoms with Gasteiger partial charge in [-0.15, -0.1) is 0 Å². The van der Waals surface area contributed by atoms with Gasteiger partial charge in [0, 0.05) is 22.9 Å². The van der Waals surface area contributed by atoms with Gasteiger partial charge >= 0.3 is 17.9 Å². The molecule has 6 N–H and O–H groups in total. The van der Waals surface area contributed by atoms with Crippen molar-refractivity contribution in [3.63, 3.8) is 0 Å². The van der Waals surface area contributed by atoms with Crippen LogP contribution in [-0.2, 0) is 58.6 Å². The van der Waals surface area contributed by atoms with Crippen molar-refractivity contribution in [1.82, 2.24) is 20.2 Å². The highest BCUT2D eigenvalue weighted by molar-refractivity contribution is 5.93. The first-order valence-corrected chi connectivity index (χ1v) is 24.2. The van der Waals surface area contributed by atoms with Gasteiger partial charge in [0.2, 0.25) is 17.4 Å². The van der Waals surface area contributed by atoms with E-state index >= 15 is 0 Å². The summed E-state index contributed by atoms with van der Waals surface area (Å²) in [7, 11) is 0. The van der Waals surface area contributed by atoms with E-state index in [-0.39, 0.29) is 49.3 Å². The number of carboxylic acids is 1. The van der Waals surface area contributed by atoms with E-state index in [1.165, 1.54) is 64.2 Å². The van der Waals surface area contributed by atoms with Crippen molar-refractivity contribution in [2.45, 2.75) is 193 Å². The summed E-state index contributed by atoms with van der Waals surface area (Å²) in [6.45, 7) is 6.13. The minimum absolute atomic E-state index is 0.0648. The van der Waals surface area contributed by atoms with E-state index in [4.69, 9.17) is 20.2 Å². The lowest BCUT2D eigenvalue weighted by Gasteiger charge is -2.35. The molecule has 65 heavy (non-hydrogen) atoms. The number of nitrogens with one attached hydrogen (secondary N) is 2. The molecule has 2 aliphatic heterocycles. The van der Waals surface area contributed by atoms with Crippen molar-refractivity contribution >= 4 is 40.6 Å². The molecule has 0 saturated heterocycles. The Balaban J connectivity index is 1.16. The topological polar surface area (TPSA) is 229 Å². The van der Waals surface area contributed by atoms with Crippen molar-refractivity contribution in [1.29, 1.82) is 0 Å². The van der Waals surface area contributed by atoms with E-state index in [1.54, 1.807) is 35.8 Å². The number of phenols is 1. The smallest absolute Gasteiger partial charge is 0.355 e.